The Hall–Kier alpha value is -4.66. The number of nitrogens with zero attached hydrogens (tertiary/aromatic N) is 2. The van der Waals surface area contributed by atoms with E-state index < -0.39 is 17.7 Å². The molecule has 1 amide bonds. The molecule has 0 bridgehead atoms. The summed E-state index contributed by atoms with van der Waals surface area (Å²) in [6, 6.07) is 17.1. The highest BCUT2D eigenvalue weighted by Gasteiger charge is 2.46. The number of hydrogen-bond acceptors (Lipinski definition) is 8. The number of benzene rings is 3. The topological polar surface area (TPSA) is 97.8 Å². The lowest BCUT2D eigenvalue weighted by Gasteiger charge is -2.26. The van der Waals surface area contributed by atoms with Gasteiger partial charge in [-0.15, -0.1) is 0 Å². The Morgan fingerprint density at radius 2 is 1.63 bits per heavy atom. The molecule has 196 valence electrons. The number of aliphatic hydroxyl groups is 1. The van der Waals surface area contributed by atoms with Gasteiger partial charge in [-0.1, -0.05) is 24.3 Å². The van der Waals surface area contributed by atoms with Gasteiger partial charge in [0.25, 0.3) is 11.7 Å². The minimum absolute atomic E-state index is 0.0452. The van der Waals surface area contributed by atoms with E-state index in [0.717, 1.165) is 11.3 Å². The Morgan fingerprint density at radius 3 is 2.26 bits per heavy atom. The van der Waals surface area contributed by atoms with Crippen LogP contribution in [0.3, 0.4) is 0 Å². The highest BCUT2D eigenvalue weighted by molar-refractivity contribution is 6.46. The number of aliphatic hydroxyl groups excluding tert-OH is 1. The number of hydrogen-bond donors (Lipinski definition) is 1. The van der Waals surface area contributed by atoms with E-state index in [1.54, 1.807) is 30.3 Å². The van der Waals surface area contributed by atoms with Crippen molar-refractivity contribution in [3.8, 4) is 23.0 Å². The molecule has 2 aliphatic rings. The van der Waals surface area contributed by atoms with Gasteiger partial charge in [0.2, 0.25) is 6.79 Å². The Balaban J connectivity index is 1.66. The van der Waals surface area contributed by atoms with E-state index >= 15 is 0 Å². The number of amides is 1. The van der Waals surface area contributed by atoms with Gasteiger partial charge in [0.05, 0.1) is 25.8 Å². The van der Waals surface area contributed by atoms with Gasteiger partial charge >= 0.3 is 0 Å². The molecule has 0 aliphatic carbocycles. The minimum Gasteiger partial charge on any atom is -0.506 e. The van der Waals surface area contributed by atoms with Gasteiger partial charge in [0.1, 0.15) is 22.8 Å². The average molecular weight is 517 g/mol. The summed E-state index contributed by atoms with van der Waals surface area (Å²) in [6.45, 7) is 0.240. The lowest BCUT2D eigenvalue weighted by Crippen LogP contribution is -2.29. The normalized spacial score (nSPS) is 17.6. The summed E-state index contributed by atoms with van der Waals surface area (Å²) < 4.78 is 21.8. The van der Waals surface area contributed by atoms with E-state index in [4.69, 9.17) is 18.9 Å². The number of Topliss-reactive ketones (excluding diaryl/α,β-unsaturated/α-hetero) is 1. The van der Waals surface area contributed by atoms with Gasteiger partial charge in [-0.3, -0.25) is 9.59 Å². The van der Waals surface area contributed by atoms with Crippen LogP contribution >= 0.6 is 0 Å². The van der Waals surface area contributed by atoms with Crippen molar-refractivity contribution in [2.75, 3.05) is 40.0 Å². The van der Waals surface area contributed by atoms with Gasteiger partial charge in [0.15, 0.2) is 11.5 Å². The summed E-state index contributed by atoms with van der Waals surface area (Å²) in [5, 5.41) is 11.6. The summed E-state index contributed by atoms with van der Waals surface area (Å²) in [6.07, 6.45) is 0. The highest BCUT2D eigenvalue weighted by atomic mass is 16.7. The molecule has 9 heteroatoms. The molecule has 2 heterocycles. The molecule has 1 saturated heterocycles. The maximum atomic E-state index is 13.5. The molecule has 3 aromatic carbocycles. The summed E-state index contributed by atoms with van der Waals surface area (Å²) >= 11 is 0. The van der Waals surface area contributed by atoms with Gasteiger partial charge in [-0.25, -0.2) is 0 Å². The zero-order valence-electron chi connectivity index (χ0n) is 21.6. The molecule has 1 unspecified atom stereocenters. The molecule has 1 fully saturated rings. The summed E-state index contributed by atoms with van der Waals surface area (Å²) in [5.41, 5.74) is 2.53. The molecule has 0 radical (unpaired) electrons. The molecule has 9 nitrogen and oxygen atoms in total. The maximum absolute atomic E-state index is 13.5. The van der Waals surface area contributed by atoms with Crippen LogP contribution in [0.4, 0.5) is 5.69 Å². The lowest BCUT2D eigenvalue weighted by atomic mass is 9.94. The molecule has 0 saturated carbocycles. The fourth-order valence-electron chi connectivity index (χ4n) is 4.80. The number of fused-ring (bicyclic) bond motifs is 1. The molecule has 1 atom stereocenters. The Morgan fingerprint density at radius 1 is 0.974 bits per heavy atom. The van der Waals surface area contributed by atoms with E-state index in [2.05, 4.69) is 0 Å². The largest absolute Gasteiger partial charge is 0.506 e. The molecule has 5 rings (SSSR count). The number of ether oxygens (including phenoxy) is 4. The van der Waals surface area contributed by atoms with Crippen molar-refractivity contribution in [2.45, 2.75) is 12.6 Å². The molecule has 38 heavy (non-hydrogen) atoms. The van der Waals surface area contributed by atoms with Crippen molar-refractivity contribution in [3.05, 3.63) is 82.9 Å². The van der Waals surface area contributed by atoms with Crippen molar-refractivity contribution in [1.82, 2.24) is 4.90 Å². The van der Waals surface area contributed by atoms with Crippen LogP contribution < -0.4 is 23.8 Å². The molecule has 0 spiro atoms. The fraction of sp³-hybridized carbons (Fsp3) is 0.241. The first kappa shape index (κ1) is 25.0. The van der Waals surface area contributed by atoms with E-state index in [9.17, 15) is 14.7 Å². The van der Waals surface area contributed by atoms with Gasteiger partial charge in [-0.2, -0.15) is 0 Å². The van der Waals surface area contributed by atoms with E-state index in [1.807, 2.05) is 49.3 Å². The van der Waals surface area contributed by atoms with Crippen LogP contribution in [0, 0.1) is 0 Å². The Kier molecular flexibility index (Phi) is 6.59. The van der Waals surface area contributed by atoms with E-state index in [1.165, 1.54) is 19.1 Å². The molecule has 3 aromatic rings. The van der Waals surface area contributed by atoms with Crippen LogP contribution in [0.5, 0.6) is 23.0 Å². The third-order valence-electron chi connectivity index (χ3n) is 6.72. The molecule has 0 aromatic heterocycles. The predicted octanol–water partition coefficient (Wildman–Crippen LogP) is 4.12. The summed E-state index contributed by atoms with van der Waals surface area (Å²) in [4.78, 5) is 30.4. The first-order valence-electron chi connectivity index (χ1n) is 12.0. The number of carbonyl (C=O) groups excluding carboxylic acids is 2. The Labute approximate surface area is 220 Å². The zero-order chi connectivity index (χ0) is 27.0. The van der Waals surface area contributed by atoms with Crippen molar-refractivity contribution >= 4 is 23.1 Å². The molecule has 2 aliphatic heterocycles. The van der Waals surface area contributed by atoms with Gasteiger partial charge in [0, 0.05) is 26.3 Å². The van der Waals surface area contributed by atoms with Crippen LogP contribution in [0.15, 0.2) is 66.2 Å². The number of likely N-dealkylation sites (tertiary alicyclic amines) is 1. The number of ketones is 1. The first-order chi connectivity index (χ1) is 18.3. The van der Waals surface area contributed by atoms with E-state index in [0.29, 0.717) is 28.6 Å². The van der Waals surface area contributed by atoms with Crippen molar-refractivity contribution in [3.63, 3.8) is 0 Å². The van der Waals surface area contributed by atoms with Gasteiger partial charge < -0.3 is 33.9 Å². The number of methoxy groups -OCH3 is 2. The number of anilines is 1. The minimum atomic E-state index is -0.855. The fourth-order valence-corrected chi connectivity index (χ4v) is 4.80. The molecular weight excluding hydrogens is 488 g/mol. The average Bonchev–Trinajstić information content (AvgIpc) is 3.50. The standard InChI is InChI=1S/C29H28N2O7/c1-30(2)19-11-9-18(10-12-19)26-25(27(32)24-21(35-3)6-5-7-22(24)36-4)28(33)29(34)31(26)15-17-8-13-20-23(14-17)38-16-37-20/h5-14,26,32H,15-16H2,1-4H3/b27-25+. The second-order valence-corrected chi connectivity index (χ2v) is 9.14. The van der Waals surface area contributed by atoms with Crippen molar-refractivity contribution in [1.29, 1.82) is 0 Å². The molecule has 1 N–H and O–H groups in total. The third-order valence-corrected chi connectivity index (χ3v) is 6.72. The second kappa shape index (κ2) is 10.0. The summed E-state index contributed by atoms with van der Waals surface area (Å²) in [5.74, 6) is -0.0687. The van der Waals surface area contributed by atoms with Crippen molar-refractivity contribution in [2.24, 2.45) is 0 Å². The predicted molar refractivity (Wildman–Crippen MR) is 141 cm³/mol. The van der Waals surface area contributed by atoms with Crippen LogP contribution in [-0.4, -0.2) is 56.8 Å². The molecular formula is C29H28N2O7. The number of rotatable bonds is 7. The maximum Gasteiger partial charge on any atom is 0.295 e. The SMILES string of the molecule is COc1cccc(OC)c1/C(O)=C1\C(=O)C(=O)N(Cc2ccc3c(c2)OCO3)C1c1ccc(N(C)C)cc1. The summed E-state index contributed by atoms with van der Waals surface area (Å²) in [7, 11) is 6.77. The zero-order valence-corrected chi connectivity index (χ0v) is 21.6. The van der Waals surface area contributed by atoms with Crippen molar-refractivity contribution < 1.29 is 33.6 Å². The smallest absolute Gasteiger partial charge is 0.295 e. The quantitative estimate of drug-likeness (QED) is 0.285. The van der Waals surface area contributed by atoms with Crippen LogP contribution in [0.25, 0.3) is 5.76 Å². The highest BCUT2D eigenvalue weighted by Crippen LogP contribution is 2.44. The Bertz CT molecular complexity index is 1410. The van der Waals surface area contributed by atoms with E-state index in [-0.39, 0.29) is 30.2 Å². The monoisotopic (exact) mass is 516 g/mol. The van der Waals surface area contributed by atoms with Crippen LogP contribution in [0.2, 0.25) is 0 Å². The van der Waals surface area contributed by atoms with Gasteiger partial charge in [-0.05, 0) is 47.5 Å². The second-order valence-electron chi connectivity index (χ2n) is 9.14. The lowest BCUT2D eigenvalue weighted by molar-refractivity contribution is -0.140. The number of carbonyl (C=O) groups is 2. The first-order valence-corrected chi connectivity index (χ1v) is 12.0. The third kappa shape index (κ3) is 4.26. The van der Waals surface area contributed by atoms with Crippen LogP contribution in [0.1, 0.15) is 22.7 Å². The van der Waals surface area contributed by atoms with Crippen LogP contribution in [-0.2, 0) is 16.1 Å².